The fraction of sp³-hybridized carbons (Fsp3) is 0.263. The summed E-state index contributed by atoms with van der Waals surface area (Å²) in [6.07, 6.45) is 2.48. The zero-order chi connectivity index (χ0) is 19.1. The minimum absolute atomic E-state index is 0.227. The molecule has 8 heteroatoms. The SMILES string of the molecule is CCOC(=O)CCCNc1nccc(C(C#N)=C2Nc3ccccc3O2)n1. The highest BCUT2D eigenvalue weighted by Crippen LogP contribution is 2.35. The van der Waals surface area contributed by atoms with Gasteiger partial charge in [-0.1, -0.05) is 12.1 Å². The molecular weight excluding hydrogens is 346 g/mol. The Labute approximate surface area is 156 Å². The highest BCUT2D eigenvalue weighted by atomic mass is 16.5. The first-order chi connectivity index (χ1) is 13.2. The molecule has 0 spiro atoms. The van der Waals surface area contributed by atoms with E-state index in [9.17, 15) is 10.1 Å². The van der Waals surface area contributed by atoms with Gasteiger partial charge in [-0.05, 0) is 31.5 Å². The van der Waals surface area contributed by atoms with Crippen LogP contribution in [0.1, 0.15) is 25.5 Å². The number of nitrogens with one attached hydrogen (secondary N) is 2. The third-order valence-electron chi connectivity index (χ3n) is 3.74. The quantitative estimate of drug-likeness (QED) is 0.438. The summed E-state index contributed by atoms with van der Waals surface area (Å²) >= 11 is 0. The number of benzene rings is 1. The average Bonchev–Trinajstić information content (AvgIpc) is 3.10. The zero-order valence-corrected chi connectivity index (χ0v) is 14.9. The molecule has 2 heterocycles. The van der Waals surface area contributed by atoms with Crippen LogP contribution in [0, 0.1) is 11.3 Å². The van der Waals surface area contributed by atoms with Crippen molar-refractivity contribution >= 4 is 23.2 Å². The normalized spacial score (nSPS) is 13.6. The summed E-state index contributed by atoms with van der Waals surface area (Å²) in [5, 5.41) is 15.7. The Morgan fingerprint density at radius 3 is 3.00 bits per heavy atom. The predicted molar refractivity (Wildman–Crippen MR) is 99.6 cm³/mol. The molecule has 0 saturated carbocycles. The average molecular weight is 365 g/mol. The van der Waals surface area contributed by atoms with Crippen LogP contribution < -0.4 is 15.4 Å². The number of rotatable bonds is 7. The summed E-state index contributed by atoms with van der Waals surface area (Å²) in [5.41, 5.74) is 1.52. The Hall–Kier alpha value is -3.60. The molecule has 2 aromatic rings. The number of fused-ring (bicyclic) bond motifs is 1. The number of hydrogen-bond donors (Lipinski definition) is 2. The lowest BCUT2D eigenvalue weighted by molar-refractivity contribution is -0.143. The second-order valence-electron chi connectivity index (χ2n) is 5.64. The molecule has 0 fully saturated rings. The molecule has 0 saturated heterocycles. The molecule has 2 N–H and O–H groups in total. The van der Waals surface area contributed by atoms with E-state index in [1.807, 2.05) is 24.3 Å². The maximum absolute atomic E-state index is 11.3. The van der Waals surface area contributed by atoms with Gasteiger partial charge >= 0.3 is 5.97 Å². The van der Waals surface area contributed by atoms with Crippen LogP contribution in [-0.4, -0.2) is 29.1 Å². The van der Waals surface area contributed by atoms with Gasteiger partial charge in [0.25, 0.3) is 0 Å². The number of aromatic nitrogens is 2. The molecule has 0 unspecified atom stereocenters. The van der Waals surface area contributed by atoms with E-state index in [1.165, 1.54) is 0 Å². The minimum Gasteiger partial charge on any atom is -0.466 e. The molecule has 1 aromatic heterocycles. The van der Waals surface area contributed by atoms with E-state index in [4.69, 9.17) is 9.47 Å². The lowest BCUT2D eigenvalue weighted by Gasteiger charge is -2.07. The van der Waals surface area contributed by atoms with Crippen molar-refractivity contribution in [2.45, 2.75) is 19.8 Å². The van der Waals surface area contributed by atoms with Crippen LogP contribution in [0.5, 0.6) is 5.75 Å². The smallest absolute Gasteiger partial charge is 0.305 e. The second-order valence-corrected chi connectivity index (χ2v) is 5.64. The van der Waals surface area contributed by atoms with Gasteiger partial charge in [0.1, 0.15) is 11.6 Å². The van der Waals surface area contributed by atoms with E-state index < -0.39 is 0 Å². The van der Waals surface area contributed by atoms with Crippen molar-refractivity contribution in [3.05, 3.63) is 48.1 Å². The van der Waals surface area contributed by atoms with Crippen molar-refractivity contribution < 1.29 is 14.3 Å². The third-order valence-corrected chi connectivity index (χ3v) is 3.74. The first-order valence-corrected chi connectivity index (χ1v) is 8.62. The van der Waals surface area contributed by atoms with E-state index in [2.05, 4.69) is 26.7 Å². The number of nitriles is 1. The molecule has 1 aliphatic heterocycles. The number of anilines is 2. The molecular formula is C19H19N5O3. The number of ether oxygens (including phenoxy) is 2. The first-order valence-electron chi connectivity index (χ1n) is 8.62. The third kappa shape index (κ3) is 4.52. The molecule has 0 radical (unpaired) electrons. The van der Waals surface area contributed by atoms with Crippen molar-refractivity contribution in [2.75, 3.05) is 23.8 Å². The lowest BCUT2D eigenvalue weighted by Crippen LogP contribution is -2.10. The van der Waals surface area contributed by atoms with E-state index in [0.29, 0.717) is 49.3 Å². The van der Waals surface area contributed by atoms with E-state index >= 15 is 0 Å². The van der Waals surface area contributed by atoms with Gasteiger partial charge in [0, 0.05) is 19.2 Å². The van der Waals surface area contributed by atoms with Gasteiger partial charge in [0.15, 0.2) is 5.75 Å². The van der Waals surface area contributed by atoms with E-state index in [-0.39, 0.29) is 11.5 Å². The Morgan fingerprint density at radius 1 is 1.37 bits per heavy atom. The number of hydrogen-bond acceptors (Lipinski definition) is 8. The van der Waals surface area contributed by atoms with Crippen molar-refractivity contribution in [3.63, 3.8) is 0 Å². The zero-order valence-electron chi connectivity index (χ0n) is 14.9. The van der Waals surface area contributed by atoms with Crippen LogP contribution in [-0.2, 0) is 9.53 Å². The fourth-order valence-corrected chi connectivity index (χ4v) is 2.50. The monoisotopic (exact) mass is 365 g/mol. The van der Waals surface area contributed by atoms with Crippen molar-refractivity contribution in [1.29, 1.82) is 5.26 Å². The van der Waals surface area contributed by atoms with Crippen molar-refractivity contribution in [3.8, 4) is 11.8 Å². The van der Waals surface area contributed by atoms with Crippen LogP contribution in [0.2, 0.25) is 0 Å². The molecule has 8 nitrogen and oxygen atoms in total. The summed E-state index contributed by atoms with van der Waals surface area (Å²) in [6, 6.07) is 11.2. The summed E-state index contributed by atoms with van der Waals surface area (Å²) in [6.45, 7) is 2.67. The van der Waals surface area contributed by atoms with Crippen LogP contribution >= 0.6 is 0 Å². The Morgan fingerprint density at radius 2 is 2.22 bits per heavy atom. The topological polar surface area (TPSA) is 109 Å². The molecule has 0 bridgehead atoms. The standard InChI is InChI=1S/C19H19N5O3/c1-2-26-17(25)8-5-10-21-19-22-11-9-14(24-19)13(12-20)18-23-15-6-3-4-7-16(15)27-18/h3-4,6-7,9,11,23H,2,5,8,10H2,1H3,(H,21,22,24). The van der Waals surface area contributed by atoms with E-state index in [0.717, 1.165) is 5.69 Å². The number of esters is 1. The molecule has 3 rings (SSSR count). The molecule has 0 aliphatic carbocycles. The van der Waals surface area contributed by atoms with Crippen LogP contribution in [0.3, 0.4) is 0 Å². The highest BCUT2D eigenvalue weighted by molar-refractivity contribution is 5.81. The van der Waals surface area contributed by atoms with Crippen molar-refractivity contribution in [1.82, 2.24) is 9.97 Å². The second kappa shape index (κ2) is 8.67. The van der Waals surface area contributed by atoms with Crippen LogP contribution in [0.15, 0.2) is 42.4 Å². The summed E-state index contributed by atoms with van der Waals surface area (Å²) in [4.78, 5) is 19.8. The molecule has 1 aliphatic rings. The van der Waals surface area contributed by atoms with Gasteiger partial charge in [-0.3, -0.25) is 4.79 Å². The number of carbonyl (C=O) groups excluding carboxylic acids is 1. The molecule has 0 atom stereocenters. The Balaban J connectivity index is 1.67. The molecule has 27 heavy (non-hydrogen) atoms. The Bertz CT molecular complexity index is 877. The summed E-state index contributed by atoms with van der Waals surface area (Å²) < 4.78 is 10.6. The maximum atomic E-state index is 11.3. The van der Waals surface area contributed by atoms with Gasteiger partial charge < -0.3 is 20.1 Å². The van der Waals surface area contributed by atoms with Gasteiger partial charge in [-0.2, -0.15) is 5.26 Å². The molecule has 138 valence electrons. The van der Waals surface area contributed by atoms with Gasteiger partial charge in [0.2, 0.25) is 11.8 Å². The fourth-order valence-electron chi connectivity index (χ4n) is 2.50. The van der Waals surface area contributed by atoms with Crippen LogP contribution in [0.4, 0.5) is 11.6 Å². The summed E-state index contributed by atoms with van der Waals surface area (Å²) in [5.74, 6) is 1.15. The maximum Gasteiger partial charge on any atom is 0.305 e. The number of para-hydroxylation sites is 2. The van der Waals surface area contributed by atoms with Crippen molar-refractivity contribution in [2.24, 2.45) is 0 Å². The number of allylic oxidation sites excluding steroid dienone is 1. The largest absolute Gasteiger partial charge is 0.466 e. The van der Waals surface area contributed by atoms with E-state index in [1.54, 1.807) is 19.2 Å². The first kappa shape index (κ1) is 18.2. The highest BCUT2D eigenvalue weighted by Gasteiger charge is 2.21. The summed E-state index contributed by atoms with van der Waals surface area (Å²) in [7, 11) is 0. The Kier molecular flexibility index (Phi) is 5.84. The number of nitrogens with zero attached hydrogens (tertiary/aromatic N) is 3. The molecule has 0 amide bonds. The lowest BCUT2D eigenvalue weighted by atomic mass is 10.2. The molecule has 1 aromatic carbocycles. The minimum atomic E-state index is -0.227. The van der Waals surface area contributed by atoms with Gasteiger partial charge in [0.05, 0.1) is 18.0 Å². The van der Waals surface area contributed by atoms with Gasteiger partial charge in [-0.15, -0.1) is 0 Å². The van der Waals surface area contributed by atoms with Crippen LogP contribution in [0.25, 0.3) is 5.57 Å². The predicted octanol–water partition coefficient (Wildman–Crippen LogP) is 2.93. The van der Waals surface area contributed by atoms with Gasteiger partial charge in [-0.25, -0.2) is 9.97 Å². The number of carbonyl (C=O) groups is 1.